The molecule has 26 heavy (non-hydrogen) atoms. The maximum Gasteiger partial charge on any atom is 0.242 e. The minimum Gasteiger partial charge on any atom is -0.357 e. The van der Waals surface area contributed by atoms with Crippen LogP contribution >= 0.6 is 0 Å². The Bertz CT molecular complexity index is 753. The summed E-state index contributed by atoms with van der Waals surface area (Å²) in [5.41, 5.74) is 4.52. The molecule has 0 spiro atoms. The topological polar surface area (TPSA) is 49.4 Å². The number of aryl methyl sites for hydroxylation is 3. The van der Waals surface area contributed by atoms with Crippen LogP contribution in [0.4, 0.5) is 0 Å². The number of rotatable bonds is 7. The Labute approximate surface area is 156 Å². The Kier molecular flexibility index (Phi) is 6.96. The molecule has 0 radical (unpaired) electrons. The van der Waals surface area contributed by atoms with Crippen molar-refractivity contribution in [1.82, 2.24) is 10.2 Å². The van der Waals surface area contributed by atoms with E-state index in [1.807, 2.05) is 38.1 Å². The lowest BCUT2D eigenvalue weighted by Gasteiger charge is -2.29. The zero-order valence-electron chi connectivity index (χ0n) is 16.1. The summed E-state index contributed by atoms with van der Waals surface area (Å²) in [5, 5.41) is 2.65. The Balaban J connectivity index is 2.13. The molecule has 0 aliphatic heterocycles. The largest absolute Gasteiger partial charge is 0.357 e. The molecular formula is C22H28N2O2. The van der Waals surface area contributed by atoms with Crippen LogP contribution in [0.1, 0.15) is 35.6 Å². The fourth-order valence-electron chi connectivity index (χ4n) is 2.91. The van der Waals surface area contributed by atoms with E-state index < -0.39 is 6.04 Å². The summed E-state index contributed by atoms with van der Waals surface area (Å²) in [6.07, 6.45) is 1.06. The first-order chi connectivity index (χ1) is 12.4. The summed E-state index contributed by atoms with van der Waals surface area (Å²) in [6, 6.07) is 15.7. The summed E-state index contributed by atoms with van der Waals surface area (Å²) < 4.78 is 0. The van der Waals surface area contributed by atoms with E-state index in [0.717, 1.165) is 16.7 Å². The second-order valence-electron chi connectivity index (χ2n) is 6.72. The minimum atomic E-state index is -0.509. The van der Waals surface area contributed by atoms with Gasteiger partial charge in [0.15, 0.2) is 0 Å². The number of likely N-dealkylation sites (N-methyl/N-ethyl adjacent to an activating group) is 1. The third-order valence-corrected chi connectivity index (χ3v) is 4.76. The van der Waals surface area contributed by atoms with E-state index >= 15 is 0 Å². The first-order valence-corrected chi connectivity index (χ1v) is 9.03. The molecule has 0 saturated heterocycles. The maximum absolute atomic E-state index is 12.9. The number of hydrogen-bond acceptors (Lipinski definition) is 2. The first kappa shape index (κ1) is 19.7. The number of nitrogens with zero attached hydrogens (tertiary/aromatic N) is 1. The fraction of sp³-hybridized carbons (Fsp3) is 0.364. The van der Waals surface area contributed by atoms with Crippen LogP contribution in [0.25, 0.3) is 0 Å². The van der Waals surface area contributed by atoms with E-state index in [9.17, 15) is 9.59 Å². The molecule has 4 heteroatoms. The van der Waals surface area contributed by atoms with Gasteiger partial charge in [-0.3, -0.25) is 9.59 Å². The second kappa shape index (κ2) is 9.18. The highest BCUT2D eigenvalue weighted by Crippen LogP contribution is 2.15. The van der Waals surface area contributed by atoms with Gasteiger partial charge >= 0.3 is 0 Å². The molecular weight excluding hydrogens is 324 g/mol. The summed E-state index contributed by atoms with van der Waals surface area (Å²) in [7, 11) is 1.60. The summed E-state index contributed by atoms with van der Waals surface area (Å²) in [5.74, 6) is -0.160. The fourth-order valence-corrected chi connectivity index (χ4v) is 2.91. The van der Waals surface area contributed by atoms with Crippen molar-refractivity contribution in [2.45, 2.75) is 46.2 Å². The van der Waals surface area contributed by atoms with Crippen molar-refractivity contribution in [3.8, 4) is 0 Å². The van der Waals surface area contributed by atoms with Crippen molar-refractivity contribution < 1.29 is 9.59 Å². The molecule has 0 aliphatic rings. The lowest BCUT2D eigenvalue weighted by Crippen LogP contribution is -2.46. The number of carbonyl (C=O) groups is 2. The quantitative estimate of drug-likeness (QED) is 0.830. The Hall–Kier alpha value is -2.62. The normalized spacial score (nSPS) is 11.7. The molecule has 0 aliphatic carbocycles. The van der Waals surface area contributed by atoms with Crippen LogP contribution in [0.5, 0.6) is 0 Å². The van der Waals surface area contributed by atoms with E-state index in [2.05, 4.69) is 29.6 Å². The first-order valence-electron chi connectivity index (χ1n) is 9.03. The van der Waals surface area contributed by atoms with Crippen LogP contribution < -0.4 is 5.32 Å². The highest BCUT2D eigenvalue weighted by atomic mass is 16.2. The third-order valence-electron chi connectivity index (χ3n) is 4.76. The van der Waals surface area contributed by atoms with E-state index in [0.29, 0.717) is 19.4 Å². The molecule has 2 aromatic rings. The lowest BCUT2D eigenvalue weighted by molar-refractivity contribution is -0.140. The van der Waals surface area contributed by atoms with E-state index in [1.165, 1.54) is 5.56 Å². The van der Waals surface area contributed by atoms with Gasteiger partial charge in [0.2, 0.25) is 11.8 Å². The second-order valence-corrected chi connectivity index (χ2v) is 6.72. The van der Waals surface area contributed by atoms with Crippen molar-refractivity contribution in [1.29, 1.82) is 0 Å². The van der Waals surface area contributed by atoms with Gasteiger partial charge in [-0.1, -0.05) is 54.1 Å². The van der Waals surface area contributed by atoms with Gasteiger partial charge in [0.05, 0.1) is 0 Å². The van der Waals surface area contributed by atoms with Crippen molar-refractivity contribution in [2.24, 2.45) is 0 Å². The molecule has 2 rings (SSSR count). The predicted octanol–water partition coefficient (Wildman–Crippen LogP) is 3.40. The minimum absolute atomic E-state index is 0.00933. The van der Waals surface area contributed by atoms with Crippen molar-refractivity contribution >= 4 is 11.8 Å². The summed E-state index contributed by atoms with van der Waals surface area (Å²) in [6.45, 7) is 6.29. The van der Waals surface area contributed by atoms with Gasteiger partial charge in [-0.05, 0) is 43.9 Å². The van der Waals surface area contributed by atoms with Crippen LogP contribution in [-0.4, -0.2) is 29.8 Å². The molecule has 0 aromatic heterocycles. The molecule has 0 bridgehead atoms. The van der Waals surface area contributed by atoms with Crippen LogP contribution in [-0.2, 0) is 22.6 Å². The average Bonchev–Trinajstić information content (AvgIpc) is 2.65. The summed E-state index contributed by atoms with van der Waals surface area (Å²) >= 11 is 0. The average molecular weight is 352 g/mol. The van der Waals surface area contributed by atoms with Gasteiger partial charge in [0.25, 0.3) is 0 Å². The van der Waals surface area contributed by atoms with Gasteiger partial charge < -0.3 is 10.2 Å². The van der Waals surface area contributed by atoms with Crippen LogP contribution in [0.15, 0.2) is 48.5 Å². The number of nitrogens with one attached hydrogen (secondary N) is 1. The number of benzene rings is 2. The van der Waals surface area contributed by atoms with Gasteiger partial charge in [0, 0.05) is 20.0 Å². The Morgan fingerprint density at radius 1 is 1.04 bits per heavy atom. The van der Waals surface area contributed by atoms with Crippen LogP contribution in [0, 0.1) is 13.8 Å². The molecule has 1 atom stereocenters. The SMILES string of the molecule is CNC(=O)[C@H](C)N(Cc1ccccc1C)C(=O)CCc1ccc(C)cc1. The number of carbonyl (C=O) groups excluding carboxylic acids is 2. The summed E-state index contributed by atoms with van der Waals surface area (Å²) in [4.78, 5) is 26.7. The standard InChI is InChI=1S/C22H28N2O2/c1-16-9-11-19(12-10-16)13-14-21(25)24(18(3)22(26)23-4)15-20-8-6-5-7-17(20)2/h5-12,18H,13-15H2,1-4H3,(H,23,26)/t18-/m0/s1. The molecule has 2 aromatic carbocycles. The van der Waals surface area contributed by atoms with Crippen molar-refractivity contribution in [2.75, 3.05) is 7.05 Å². The zero-order valence-corrected chi connectivity index (χ0v) is 16.1. The Morgan fingerprint density at radius 3 is 2.31 bits per heavy atom. The zero-order chi connectivity index (χ0) is 19.1. The van der Waals surface area contributed by atoms with Gasteiger partial charge in [-0.2, -0.15) is 0 Å². The van der Waals surface area contributed by atoms with Gasteiger partial charge in [0.1, 0.15) is 6.04 Å². The van der Waals surface area contributed by atoms with Gasteiger partial charge in [-0.15, -0.1) is 0 Å². The van der Waals surface area contributed by atoms with Crippen molar-refractivity contribution in [3.63, 3.8) is 0 Å². The van der Waals surface area contributed by atoms with E-state index in [-0.39, 0.29) is 11.8 Å². The van der Waals surface area contributed by atoms with Crippen molar-refractivity contribution in [3.05, 3.63) is 70.8 Å². The smallest absolute Gasteiger partial charge is 0.242 e. The molecule has 1 N–H and O–H groups in total. The van der Waals surface area contributed by atoms with E-state index in [4.69, 9.17) is 0 Å². The molecule has 0 saturated carbocycles. The third kappa shape index (κ3) is 5.19. The van der Waals surface area contributed by atoms with Crippen LogP contribution in [0.3, 0.4) is 0 Å². The maximum atomic E-state index is 12.9. The lowest BCUT2D eigenvalue weighted by atomic mass is 10.0. The number of hydrogen-bond donors (Lipinski definition) is 1. The molecule has 2 amide bonds. The van der Waals surface area contributed by atoms with Crippen LogP contribution in [0.2, 0.25) is 0 Å². The molecule has 4 nitrogen and oxygen atoms in total. The highest BCUT2D eigenvalue weighted by Gasteiger charge is 2.25. The molecule has 138 valence electrons. The molecule has 0 fully saturated rings. The van der Waals surface area contributed by atoms with E-state index in [1.54, 1.807) is 18.9 Å². The Morgan fingerprint density at radius 2 is 1.69 bits per heavy atom. The highest BCUT2D eigenvalue weighted by molar-refractivity contribution is 5.87. The molecule has 0 unspecified atom stereocenters. The van der Waals surface area contributed by atoms with Gasteiger partial charge in [-0.25, -0.2) is 0 Å². The molecule has 0 heterocycles. The monoisotopic (exact) mass is 352 g/mol. The number of amides is 2. The predicted molar refractivity (Wildman–Crippen MR) is 105 cm³/mol.